The van der Waals surface area contributed by atoms with Crippen molar-refractivity contribution in [1.82, 2.24) is 19.3 Å². The van der Waals surface area contributed by atoms with E-state index in [0.717, 1.165) is 50.9 Å². The second kappa shape index (κ2) is 12.0. The van der Waals surface area contributed by atoms with E-state index in [0.29, 0.717) is 23.4 Å². The van der Waals surface area contributed by atoms with Gasteiger partial charge in [0.25, 0.3) is 0 Å². The van der Waals surface area contributed by atoms with Gasteiger partial charge in [0, 0.05) is 57.5 Å². The molecule has 3 aromatic heterocycles. The third-order valence-electron chi connectivity index (χ3n) is 9.90. The van der Waals surface area contributed by atoms with E-state index in [1.807, 2.05) is 34.9 Å². The van der Waals surface area contributed by atoms with Crippen LogP contribution in [0.5, 0.6) is 11.5 Å². The summed E-state index contributed by atoms with van der Waals surface area (Å²) < 4.78 is 25.2. The second-order valence-electron chi connectivity index (χ2n) is 16.0. The van der Waals surface area contributed by atoms with Gasteiger partial charge in [-0.05, 0) is 74.6 Å². The molecule has 6 heteroatoms. The molecule has 6 aromatic rings. The van der Waals surface area contributed by atoms with Gasteiger partial charge in [-0.3, -0.25) is 4.57 Å². The highest BCUT2D eigenvalue weighted by Gasteiger charge is 2.39. The number of benzene rings is 3. The van der Waals surface area contributed by atoms with Crippen LogP contribution in [0.4, 0.5) is 4.39 Å². The molecule has 49 heavy (non-hydrogen) atoms. The van der Waals surface area contributed by atoms with E-state index >= 15 is 0 Å². The van der Waals surface area contributed by atoms with E-state index in [9.17, 15) is 4.39 Å². The topological polar surface area (TPSA) is 44.9 Å². The van der Waals surface area contributed by atoms with Crippen molar-refractivity contribution in [2.24, 2.45) is 5.92 Å². The van der Waals surface area contributed by atoms with Crippen LogP contribution in [-0.2, 0) is 10.8 Å². The molecule has 1 aliphatic rings. The summed E-state index contributed by atoms with van der Waals surface area (Å²) in [5, 5.41) is 7.59. The molecular formula is C43H47FN4O. The van der Waals surface area contributed by atoms with Crippen molar-refractivity contribution in [3.8, 4) is 23.0 Å². The maximum Gasteiger partial charge on any atom is 0.140 e. The van der Waals surface area contributed by atoms with Crippen molar-refractivity contribution in [1.29, 1.82) is 0 Å². The first-order valence-electron chi connectivity index (χ1n) is 17.5. The fraction of sp³-hybridized carbons (Fsp3) is 0.349. The lowest BCUT2D eigenvalue weighted by molar-refractivity contribution is 0.431. The minimum atomic E-state index is -0.328. The van der Waals surface area contributed by atoms with E-state index in [1.165, 1.54) is 41.6 Å². The standard InChI is InChI=1S/C43H47FN4O/c1-26-21-30(48-41(43(7,8)9)39(40(46-48)42(4,5)6)38-27(2)13-12-14-28(38)3)24-32(22-26)49-31-17-18-34-33-15-10-11-16-35(33)47(36(34)25-31)37-23-29(44)19-20-45-37/h10-11,13,15-25,28,38H,12,14H2,1-9H3/t28-,38+/m0/s1. The zero-order chi connectivity index (χ0) is 34.8. The zero-order valence-corrected chi connectivity index (χ0v) is 30.2. The average molecular weight is 655 g/mol. The van der Waals surface area contributed by atoms with Crippen LogP contribution in [0.1, 0.15) is 96.7 Å². The van der Waals surface area contributed by atoms with Crippen LogP contribution < -0.4 is 4.74 Å². The highest BCUT2D eigenvalue weighted by Crippen LogP contribution is 2.47. The van der Waals surface area contributed by atoms with Crippen molar-refractivity contribution in [2.75, 3.05) is 0 Å². The van der Waals surface area contributed by atoms with Gasteiger partial charge in [0.2, 0.25) is 0 Å². The number of aromatic nitrogens is 4. The fourth-order valence-electron chi connectivity index (χ4n) is 7.84. The lowest BCUT2D eigenvalue weighted by atomic mass is 9.70. The Morgan fingerprint density at radius 3 is 2.29 bits per heavy atom. The Morgan fingerprint density at radius 1 is 0.816 bits per heavy atom. The number of aryl methyl sites for hydroxylation is 1. The minimum absolute atomic E-state index is 0.133. The molecule has 3 aromatic carbocycles. The highest BCUT2D eigenvalue weighted by atomic mass is 19.1. The van der Waals surface area contributed by atoms with Gasteiger partial charge in [-0.1, -0.05) is 78.3 Å². The van der Waals surface area contributed by atoms with Crippen LogP contribution >= 0.6 is 0 Å². The Morgan fingerprint density at radius 2 is 1.57 bits per heavy atom. The monoisotopic (exact) mass is 654 g/mol. The molecule has 0 amide bonds. The summed E-state index contributed by atoms with van der Waals surface area (Å²) in [6.07, 6.45) is 6.25. The molecule has 5 nitrogen and oxygen atoms in total. The third-order valence-corrected chi connectivity index (χ3v) is 9.90. The minimum Gasteiger partial charge on any atom is -0.457 e. The van der Waals surface area contributed by atoms with E-state index < -0.39 is 0 Å². The Labute approximate surface area is 289 Å². The van der Waals surface area contributed by atoms with Crippen molar-refractivity contribution in [3.63, 3.8) is 0 Å². The Hall–Kier alpha value is -4.71. The number of ether oxygens (including phenoxy) is 1. The quantitative estimate of drug-likeness (QED) is 0.174. The molecule has 252 valence electrons. The maximum absolute atomic E-state index is 14.4. The number of fused-ring (bicyclic) bond motifs is 3. The van der Waals surface area contributed by atoms with Crippen LogP contribution in [0.2, 0.25) is 0 Å². The molecule has 0 fully saturated rings. The van der Waals surface area contributed by atoms with Crippen molar-refractivity contribution in [2.45, 2.75) is 91.9 Å². The summed E-state index contributed by atoms with van der Waals surface area (Å²) in [6, 6.07) is 23.5. The second-order valence-corrected chi connectivity index (χ2v) is 16.0. The smallest absolute Gasteiger partial charge is 0.140 e. The van der Waals surface area contributed by atoms with Gasteiger partial charge in [0.15, 0.2) is 0 Å². The van der Waals surface area contributed by atoms with Crippen LogP contribution in [-0.4, -0.2) is 19.3 Å². The normalized spacial score (nSPS) is 17.1. The van der Waals surface area contributed by atoms with Gasteiger partial charge < -0.3 is 4.74 Å². The molecule has 0 saturated heterocycles. The summed E-state index contributed by atoms with van der Waals surface area (Å²) in [4.78, 5) is 4.52. The molecule has 1 aliphatic carbocycles. The van der Waals surface area contributed by atoms with E-state index in [1.54, 1.807) is 0 Å². The average Bonchev–Trinajstić information content (AvgIpc) is 3.58. The summed E-state index contributed by atoms with van der Waals surface area (Å²) in [5.41, 5.74) is 8.90. The zero-order valence-electron chi connectivity index (χ0n) is 30.2. The number of halogens is 1. The third kappa shape index (κ3) is 5.96. The number of rotatable bonds is 5. The number of nitrogens with zero attached hydrogens (tertiary/aromatic N) is 4. The summed E-state index contributed by atoms with van der Waals surface area (Å²) in [6.45, 7) is 20.6. The van der Waals surface area contributed by atoms with Gasteiger partial charge in [0.1, 0.15) is 23.1 Å². The molecule has 0 N–H and O–H groups in total. The van der Waals surface area contributed by atoms with Crippen molar-refractivity contribution >= 4 is 21.8 Å². The van der Waals surface area contributed by atoms with Gasteiger partial charge in [-0.2, -0.15) is 5.10 Å². The molecule has 0 saturated carbocycles. The number of para-hydroxylation sites is 1. The number of hydrogen-bond acceptors (Lipinski definition) is 3. The van der Waals surface area contributed by atoms with Crippen molar-refractivity contribution in [3.05, 3.63) is 119 Å². The predicted octanol–water partition coefficient (Wildman–Crippen LogP) is 11.7. The van der Waals surface area contributed by atoms with Gasteiger partial charge in [-0.25, -0.2) is 14.1 Å². The van der Waals surface area contributed by atoms with Gasteiger partial charge >= 0.3 is 0 Å². The maximum atomic E-state index is 14.4. The SMILES string of the molecule is CC1=CCC[C@H](C)[C@@H]1c1c(C(C)(C)C)nn(-c2cc(C)cc(Oc3ccc4c5ccccc5n(-c5cc(F)ccn5)c4c3)c2)c1C(C)(C)C. The molecule has 0 unspecified atom stereocenters. The van der Waals surface area contributed by atoms with Crippen LogP contribution in [0.15, 0.2) is 90.6 Å². The number of hydrogen-bond donors (Lipinski definition) is 0. The summed E-state index contributed by atoms with van der Waals surface area (Å²) >= 11 is 0. The first-order chi connectivity index (χ1) is 23.2. The van der Waals surface area contributed by atoms with Crippen LogP contribution in [0, 0.1) is 18.7 Å². The molecule has 0 bridgehead atoms. The van der Waals surface area contributed by atoms with Crippen molar-refractivity contribution < 1.29 is 9.13 Å². The molecule has 7 rings (SSSR count). The largest absolute Gasteiger partial charge is 0.457 e. The lowest BCUT2D eigenvalue weighted by Gasteiger charge is -2.34. The van der Waals surface area contributed by atoms with Crippen LogP contribution in [0.3, 0.4) is 0 Å². The number of pyridine rings is 1. The fourth-order valence-corrected chi connectivity index (χ4v) is 7.84. The number of allylic oxidation sites excluding steroid dienone is 2. The van der Waals surface area contributed by atoms with E-state index in [-0.39, 0.29) is 16.6 Å². The lowest BCUT2D eigenvalue weighted by Crippen LogP contribution is -2.25. The first kappa shape index (κ1) is 32.8. The Balaban J connectivity index is 1.37. The first-order valence-corrected chi connectivity index (χ1v) is 17.5. The van der Waals surface area contributed by atoms with Gasteiger partial charge in [0.05, 0.1) is 28.1 Å². The summed E-state index contributed by atoms with van der Waals surface area (Å²) in [5.74, 6) is 2.49. The molecule has 0 aliphatic heterocycles. The van der Waals surface area contributed by atoms with E-state index in [2.05, 4.69) is 108 Å². The predicted molar refractivity (Wildman–Crippen MR) is 199 cm³/mol. The Bertz CT molecular complexity index is 2240. The highest BCUT2D eigenvalue weighted by molar-refractivity contribution is 6.09. The van der Waals surface area contributed by atoms with Crippen LogP contribution in [0.25, 0.3) is 33.3 Å². The van der Waals surface area contributed by atoms with E-state index in [4.69, 9.17) is 9.84 Å². The Kier molecular flexibility index (Phi) is 8.04. The van der Waals surface area contributed by atoms with Gasteiger partial charge in [-0.15, -0.1) is 0 Å². The summed E-state index contributed by atoms with van der Waals surface area (Å²) in [7, 11) is 0. The molecule has 0 radical (unpaired) electrons. The molecular weight excluding hydrogens is 607 g/mol. The molecule has 0 spiro atoms. The molecule has 3 heterocycles. The molecule has 2 atom stereocenters.